The molecule has 0 spiro atoms. The Hall–Kier alpha value is -3.57. The van der Waals surface area contributed by atoms with Crippen LogP contribution in [0.15, 0.2) is 64.2 Å². The lowest BCUT2D eigenvalue weighted by Gasteiger charge is -2.30. The zero-order valence-electron chi connectivity index (χ0n) is 20.7. The molecule has 4 rings (SSSR count). The van der Waals surface area contributed by atoms with Gasteiger partial charge in [-0.25, -0.2) is 13.4 Å². The zero-order valence-corrected chi connectivity index (χ0v) is 21.5. The molecule has 1 unspecified atom stereocenters. The number of hydrogen-bond donors (Lipinski definition) is 2. The summed E-state index contributed by atoms with van der Waals surface area (Å²) in [6.45, 7) is 3.83. The largest absolute Gasteiger partial charge is 0.451 e. The SMILES string of the molecule is CC(C)CC(NC(=O)c1cc2ccccc2o1)C(=O)N[C@@H]1C(=O)CCCCN1S(=O)(=O)c1ccccn1. The van der Waals surface area contributed by atoms with E-state index in [1.165, 1.54) is 12.3 Å². The van der Waals surface area contributed by atoms with Crippen molar-refractivity contribution in [3.05, 3.63) is 60.5 Å². The average Bonchev–Trinajstić information content (AvgIpc) is 3.23. The Morgan fingerprint density at radius 3 is 2.59 bits per heavy atom. The van der Waals surface area contributed by atoms with Crippen molar-refractivity contribution in [2.75, 3.05) is 6.54 Å². The van der Waals surface area contributed by atoms with Gasteiger partial charge in [-0.05, 0) is 49.4 Å². The van der Waals surface area contributed by atoms with Crippen molar-refractivity contribution in [3.63, 3.8) is 0 Å². The number of nitrogens with one attached hydrogen (secondary N) is 2. The Labute approximate surface area is 215 Å². The van der Waals surface area contributed by atoms with Crippen LogP contribution in [-0.4, -0.2) is 54.1 Å². The third kappa shape index (κ3) is 6.05. The molecule has 3 aromatic rings. The molecule has 2 N–H and O–H groups in total. The Kier molecular flexibility index (Phi) is 8.03. The number of pyridine rings is 1. The van der Waals surface area contributed by atoms with Gasteiger partial charge in [-0.15, -0.1) is 0 Å². The second-order valence-corrected chi connectivity index (χ2v) is 11.3. The molecule has 2 atom stereocenters. The summed E-state index contributed by atoms with van der Waals surface area (Å²) in [5, 5.41) is 5.84. The molecule has 1 aromatic carbocycles. The van der Waals surface area contributed by atoms with Crippen molar-refractivity contribution >= 4 is 38.6 Å². The maximum absolute atomic E-state index is 13.4. The minimum absolute atomic E-state index is 0.0184. The molecule has 3 heterocycles. The van der Waals surface area contributed by atoms with E-state index in [9.17, 15) is 22.8 Å². The second-order valence-electron chi connectivity index (χ2n) is 9.42. The van der Waals surface area contributed by atoms with Crippen LogP contribution in [0, 0.1) is 5.92 Å². The number of nitrogens with zero attached hydrogens (tertiary/aromatic N) is 2. The van der Waals surface area contributed by atoms with Gasteiger partial charge >= 0.3 is 0 Å². The predicted molar refractivity (Wildman–Crippen MR) is 136 cm³/mol. The molecule has 2 amide bonds. The summed E-state index contributed by atoms with van der Waals surface area (Å²) in [6, 6.07) is 12.2. The first kappa shape index (κ1) is 26.5. The highest BCUT2D eigenvalue weighted by Crippen LogP contribution is 2.22. The van der Waals surface area contributed by atoms with Crippen molar-refractivity contribution < 1.29 is 27.2 Å². The van der Waals surface area contributed by atoms with Gasteiger partial charge < -0.3 is 15.1 Å². The Bertz CT molecular complexity index is 1350. The maximum Gasteiger partial charge on any atom is 0.287 e. The van der Waals surface area contributed by atoms with Gasteiger partial charge in [0, 0.05) is 24.5 Å². The van der Waals surface area contributed by atoms with Crippen LogP contribution in [0.3, 0.4) is 0 Å². The third-order valence-corrected chi connectivity index (χ3v) is 7.89. The van der Waals surface area contributed by atoms with E-state index in [1.54, 1.807) is 30.3 Å². The van der Waals surface area contributed by atoms with E-state index in [-0.39, 0.29) is 36.1 Å². The van der Waals surface area contributed by atoms with E-state index >= 15 is 0 Å². The van der Waals surface area contributed by atoms with Crippen LogP contribution in [-0.2, 0) is 19.6 Å². The number of amides is 2. The van der Waals surface area contributed by atoms with Gasteiger partial charge in [0.2, 0.25) is 5.91 Å². The molecular formula is C26H30N4O6S. The standard InChI is InChI=1S/C26H30N4O6S/c1-17(2)15-19(28-26(33)22-16-18-9-3-4-11-21(18)36-22)25(32)29-24-20(31)10-6-8-14-30(24)37(34,35)23-12-5-7-13-27-23/h3-5,7,9,11-13,16-17,19,24H,6,8,10,14-15H2,1-2H3,(H,28,33)(H,29,32)/t19?,24-/m0/s1. The lowest BCUT2D eigenvalue weighted by Crippen LogP contribution is -2.58. The highest BCUT2D eigenvalue weighted by Gasteiger charge is 2.39. The summed E-state index contributed by atoms with van der Waals surface area (Å²) in [5.41, 5.74) is 0.539. The molecule has 0 aliphatic carbocycles. The van der Waals surface area contributed by atoms with Crippen LogP contribution in [0.1, 0.15) is 50.1 Å². The number of ketones is 1. The van der Waals surface area contributed by atoms with Gasteiger partial charge in [-0.2, -0.15) is 4.31 Å². The van der Waals surface area contributed by atoms with Gasteiger partial charge in [0.1, 0.15) is 11.6 Å². The fourth-order valence-electron chi connectivity index (χ4n) is 4.29. The number of furan rings is 1. The van der Waals surface area contributed by atoms with E-state index in [4.69, 9.17) is 4.42 Å². The molecule has 1 aliphatic heterocycles. The van der Waals surface area contributed by atoms with Crippen LogP contribution in [0.4, 0.5) is 0 Å². The highest BCUT2D eigenvalue weighted by atomic mass is 32.2. The van der Waals surface area contributed by atoms with Crippen molar-refractivity contribution in [3.8, 4) is 0 Å². The molecule has 11 heteroatoms. The Morgan fingerprint density at radius 2 is 1.89 bits per heavy atom. The molecule has 196 valence electrons. The minimum atomic E-state index is -4.16. The number of carbonyl (C=O) groups excluding carboxylic acids is 3. The lowest BCUT2D eigenvalue weighted by atomic mass is 10.0. The summed E-state index contributed by atoms with van der Waals surface area (Å²) in [6.07, 6.45) is 1.30. The number of sulfonamides is 1. The van der Waals surface area contributed by atoms with Crippen molar-refractivity contribution in [1.82, 2.24) is 19.9 Å². The van der Waals surface area contributed by atoms with Gasteiger partial charge in [0.15, 0.2) is 22.7 Å². The van der Waals surface area contributed by atoms with Crippen LogP contribution < -0.4 is 10.6 Å². The molecule has 1 saturated heterocycles. The monoisotopic (exact) mass is 526 g/mol. The van der Waals surface area contributed by atoms with Gasteiger partial charge in [-0.1, -0.05) is 38.1 Å². The van der Waals surface area contributed by atoms with Crippen LogP contribution in [0.25, 0.3) is 11.0 Å². The molecule has 0 saturated carbocycles. The van der Waals surface area contributed by atoms with Gasteiger partial charge in [0.25, 0.3) is 15.9 Å². The highest BCUT2D eigenvalue weighted by molar-refractivity contribution is 7.89. The average molecular weight is 527 g/mol. The zero-order chi connectivity index (χ0) is 26.6. The second kappa shape index (κ2) is 11.2. The number of Topliss-reactive ketones (excluding diaryl/α,β-unsaturated/α-hetero) is 1. The molecule has 0 bridgehead atoms. The number of benzene rings is 1. The smallest absolute Gasteiger partial charge is 0.287 e. The van der Waals surface area contributed by atoms with Gasteiger partial charge in [0.05, 0.1) is 0 Å². The van der Waals surface area contributed by atoms with E-state index in [2.05, 4.69) is 15.6 Å². The summed E-state index contributed by atoms with van der Waals surface area (Å²) in [7, 11) is -4.16. The summed E-state index contributed by atoms with van der Waals surface area (Å²) >= 11 is 0. The van der Waals surface area contributed by atoms with Crippen molar-refractivity contribution in [1.29, 1.82) is 0 Å². The minimum Gasteiger partial charge on any atom is -0.451 e. The lowest BCUT2D eigenvalue weighted by molar-refractivity contribution is -0.131. The maximum atomic E-state index is 13.4. The fourth-order valence-corrected chi connectivity index (χ4v) is 5.79. The Balaban J connectivity index is 1.57. The molecular weight excluding hydrogens is 496 g/mol. The summed E-state index contributed by atoms with van der Waals surface area (Å²) in [4.78, 5) is 43.3. The normalized spacial score (nSPS) is 17.9. The number of carbonyl (C=O) groups is 3. The topological polar surface area (TPSA) is 139 Å². The number of para-hydroxylation sites is 1. The summed E-state index contributed by atoms with van der Waals surface area (Å²) in [5.74, 6) is -1.59. The molecule has 2 aromatic heterocycles. The number of aromatic nitrogens is 1. The van der Waals surface area contributed by atoms with E-state index in [1.807, 2.05) is 26.0 Å². The molecule has 1 aliphatic rings. The van der Waals surface area contributed by atoms with Crippen LogP contribution in [0.5, 0.6) is 0 Å². The predicted octanol–water partition coefficient (Wildman–Crippen LogP) is 2.86. The molecule has 0 radical (unpaired) electrons. The fraction of sp³-hybridized carbons (Fsp3) is 0.385. The van der Waals surface area contributed by atoms with Crippen molar-refractivity contribution in [2.24, 2.45) is 5.92 Å². The van der Waals surface area contributed by atoms with Crippen molar-refractivity contribution in [2.45, 2.75) is 56.8 Å². The Morgan fingerprint density at radius 1 is 1.14 bits per heavy atom. The van der Waals surface area contributed by atoms with E-state index < -0.39 is 39.8 Å². The first-order valence-electron chi connectivity index (χ1n) is 12.2. The summed E-state index contributed by atoms with van der Waals surface area (Å²) < 4.78 is 33.3. The first-order chi connectivity index (χ1) is 17.7. The number of fused-ring (bicyclic) bond motifs is 1. The molecule has 1 fully saturated rings. The van der Waals surface area contributed by atoms with Gasteiger partial charge in [-0.3, -0.25) is 14.4 Å². The first-order valence-corrected chi connectivity index (χ1v) is 13.7. The number of hydrogen-bond acceptors (Lipinski definition) is 7. The van der Waals surface area contributed by atoms with Crippen LogP contribution in [0.2, 0.25) is 0 Å². The third-order valence-electron chi connectivity index (χ3n) is 6.11. The van der Waals surface area contributed by atoms with E-state index in [0.29, 0.717) is 18.4 Å². The van der Waals surface area contributed by atoms with Crippen LogP contribution >= 0.6 is 0 Å². The number of rotatable bonds is 8. The molecule has 37 heavy (non-hydrogen) atoms. The molecule has 10 nitrogen and oxygen atoms in total. The van der Waals surface area contributed by atoms with E-state index in [0.717, 1.165) is 9.69 Å². The quantitative estimate of drug-likeness (QED) is 0.460.